The van der Waals surface area contributed by atoms with Gasteiger partial charge in [0.05, 0.1) is 0 Å². The summed E-state index contributed by atoms with van der Waals surface area (Å²) in [4.78, 5) is 0. The van der Waals surface area contributed by atoms with Gasteiger partial charge in [-0.2, -0.15) is 0 Å². The molecule has 0 heterocycles. The van der Waals surface area contributed by atoms with Crippen molar-refractivity contribution in [1.82, 2.24) is 0 Å². The molecule has 0 saturated heterocycles. The van der Waals surface area contributed by atoms with Crippen molar-refractivity contribution in [2.24, 2.45) is 5.41 Å². The molecule has 0 fully saturated rings. The lowest BCUT2D eigenvalue weighted by atomic mass is 9.89. The summed E-state index contributed by atoms with van der Waals surface area (Å²) in [5, 5.41) is 0. The summed E-state index contributed by atoms with van der Waals surface area (Å²) >= 11 is 0. The Kier molecular flexibility index (Phi) is 6.27. The van der Waals surface area contributed by atoms with Gasteiger partial charge in [-0.15, -0.1) is 0 Å². The van der Waals surface area contributed by atoms with Crippen LogP contribution in [0, 0.1) is 5.41 Å². The molecular formula is C14H24. The molecule has 0 spiro atoms. The van der Waals surface area contributed by atoms with Crippen molar-refractivity contribution in [2.75, 3.05) is 0 Å². The van der Waals surface area contributed by atoms with Crippen molar-refractivity contribution < 1.29 is 0 Å². The molecule has 0 unspecified atom stereocenters. The van der Waals surface area contributed by atoms with Gasteiger partial charge in [0.2, 0.25) is 0 Å². The minimum atomic E-state index is 0.454. The maximum Gasteiger partial charge on any atom is -0.0274 e. The topological polar surface area (TPSA) is 0 Å². The van der Waals surface area contributed by atoms with Gasteiger partial charge in [-0.1, -0.05) is 65.0 Å². The Morgan fingerprint density at radius 3 is 1.86 bits per heavy atom. The van der Waals surface area contributed by atoms with Crippen molar-refractivity contribution in [1.29, 1.82) is 0 Å². The molecule has 14 heavy (non-hydrogen) atoms. The molecule has 0 N–H and O–H groups in total. The van der Waals surface area contributed by atoms with Crippen LogP contribution in [0.2, 0.25) is 0 Å². The van der Waals surface area contributed by atoms with Gasteiger partial charge in [-0.05, 0) is 23.8 Å². The summed E-state index contributed by atoms with van der Waals surface area (Å²) < 4.78 is 0. The van der Waals surface area contributed by atoms with Gasteiger partial charge in [0, 0.05) is 0 Å². The van der Waals surface area contributed by atoms with E-state index in [4.69, 9.17) is 0 Å². The lowest BCUT2D eigenvalue weighted by molar-refractivity contribution is 0.378. The van der Waals surface area contributed by atoms with E-state index in [1.54, 1.807) is 0 Å². The van der Waals surface area contributed by atoms with E-state index in [-0.39, 0.29) is 0 Å². The number of aryl methyl sites for hydroxylation is 1. The minimum absolute atomic E-state index is 0.454. The fraction of sp³-hybridized carbons (Fsp3) is 0.571. The number of benzene rings is 1. The predicted octanol–water partition coefficient (Wildman–Crippen LogP) is 4.69. The van der Waals surface area contributed by atoms with Crippen LogP contribution >= 0.6 is 0 Å². The average molecular weight is 192 g/mol. The molecule has 1 aromatic carbocycles. The van der Waals surface area contributed by atoms with Crippen LogP contribution in [-0.4, -0.2) is 0 Å². The van der Waals surface area contributed by atoms with Gasteiger partial charge in [0.25, 0.3) is 0 Å². The van der Waals surface area contributed by atoms with Gasteiger partial charge in [-0.3, -0.25) is 0 Å². The Balaban J connectivity index is 0.000000791. The third kappa shape index (κ3) is 6.71. The summed E-state index contributed by atoms with van der Waals surface area (Å²) in [6.07, 6.45) is 2.46. The Morgan fingerprint density at radius 1 is 0.929 bits per heavy atom. The Labute approximate surface area is 89.4 Å². The molecule has 0 bridgehead atoms. The highest BCUT2D eigenvalue weighted by Gasteiger charge is 2.09. The summed E-state index contributed by atoms with van der Waals surface area (Å²) in [7, 11) is 0. The second-order valence-corrected chi connectivity index (χ2v) is 4.55. The summed E-state index contributed by atoms with van der Waals surface area (Å²) in [5.41, 5.74) is 1.91. The summed E-state index contributed by atoms with van der Waals surface area (Å²) in [6.45, 7) is 10.9. The van der Waals surface area contributed by atoms with Crippen LogP contribution in [0.3, 0.4) is 0 Å². The maximum atomic E-state index is 2.29. The van der Waals surface area contributed by atoms with Gasteiger partial charge in [0.1, 0.15) is 0 Å². The Hall–Kier alpha value is -0.780. The molecule has 0 aliphatic heterocycles. The van der Waals surface area contributed by atoms with Crippen LogP contribution in [0.5, 0.6) is 0 Å². The van der Waals surface area contributed by atoms with Gasteiger partial charge in [-0.25, -0.2) is 0 Å². The van der Waals surface area contributed by atoms with Crippen molar-refractivity contribution in [3.8, 4) is 0 Å². The first-order valence-electron chi connectivity index (χ1n) is 5.62. The van der Waals surface area contributed by atoms with Gasteiger partial charge in [0.15, 0.2) is 0 Å². The molecule has 1 aromatic rings. The van der Waals surface area contributed by atoms with Crippen molar-refractivity contribution >= 4 is 0 Å². The van der Waals surface area contributed by atoms with Crippen molar-refractivity contribution in [3.63, 3.8) is 0 Å². The van der Waals surface area contributed by atoms with Crippen LogP contribution in [0.15, 0.2) is 30.3 Å². The highest BCUT2D eigenvalue weighted by Crippen LogP contribution is 2.20. The molecule has 0 saturated carbocycles. The van der Waals surface area contributed by atoms with E-state index in [0.717, 1.165) is 0 Å². The lowest BCUT2D eigenvalue weighted by Gasteiger charge is -2.17. The third-order valence-corrected chi connectivity index (χ3v) is 2.01. The Bertz CT molecular complexity index is 216. The first kappa shape index (κ1) is 13.2. The molecule has 0 atom stereocenters. The lowest BCUT2D eigenvalue weighted by Crippen LogP contribution is -2.06. The molecule has 0 aliphatic carbocycles. The fourth-order valence-electron chi connectivity index (χ4n) is 1.16. The maximum absolute atomic E-state index is 2.29. The van der Waals surface area contributed by atoms with Gasteiger partial charge < -0.3 is 0 Å². The molecule has 1 rings (SSSR count). The van der Waals surface area contributed by atoms with E-state index < -0.39 is 0 Å². The van der Waals surface area contributed by atoms with Crippen LogP contribution in [0.4, 0.5) is 0 Å². The van der Waals surface area contributed by atoms with Crippen molar-refractivity contribution in [3.05, 3.63) is 35.9 Å². The highest BCUT2D eigenvalue weighted by molar-refractivity contribution is 5.14. The van der Waals surface area contributed by atoms with E-state index >= 15 is 0 Å². The molecule has 0 aromatic heterocycles. The zero-order valence-electron chi connectivity index (χ0n) is 10.3. The van der Waals surface area contributed by atoms with E-state index in [0.29, 0.717) is 5.41 Å². The molecule has 0 amide bonds. The third-order valence-electron chi connectivity index (χ3n) is 2.01. The molecule has 80 valence electrons. The van der Waals surface area contributed by atoms with Crippen LogP contribution in [-0.2, 0) is 6.42 Å². The molecule has 0 aliphatic rings. The fourth-order valence-corrected chi connectivity index (χ4v) is 1.16. The molecule has 0 heteroatoms. The standard InChI is InChI=1S/C12H18.C2H6/c1-12(2,3)10-9-11-7-5-4-6-8-11;1-2/h4-8H,9-10H2,1-3H3;1-2H3. The van der Waals surface area contributed by atoms with E-state index in [1.165, 1.54) is 18.4 Å². The van der Waals surface area contributed by atoms with Crippen molar-refractivity contribution in [2.45, 2.75) is 47.5 Å². The first-order valence-corrected chi connectivity index (χ1v) is 5.62. The van der Waals surface area contributed by atoms with E-state index in [2.05, 4.69) is 51.1 Å². The SMILES string of the molecule is CC.CC(C)(C)CCc1ccccc1. The number of hydrogen-bond donors (Lipinski definition) is 0. The smallest absolute Gasteiger partial charge is 0.0274 e. The monoisotopic (exact) mass is 192 g/mol. The number of rotatable bonds is 2. The summed E-state index contributed by atoms with van der Waals surface area (Å²) in [6, 6.07) is 10.7. The molecular weight excluding hydrogens is 168 g/mol. The molecule has 0 nitrogen and oxygen atoms in total. The zero-order chi connectivity index (χ0) is 11.0. The Morgan fingerprint density at radius 2 is 1.43 bits per heavy atom. The van der Waals surface area contributed by atoms with Crippen LogP contribution in [0.1, 0.15) is 46.6 Å². The average Bonchev–Trinajstić information content (AvgIpc) is 2.19. The zero-order valence-corrected chi connectivity index (χ0v) is 10.3. The normalized spacial score (nSPS) is 10.4. The largest absolute Gasteiger partial charge is 0.0683 e. The quantitative estimate of drug-likeness (QED) is 0.637. The second kappa shape index (κ2) is 6.64. The first-order chi connectivity index (χ1) is 6.58. The minimum Gasteiger partial charge on any atom is -0.0683 e. The molecule has 0 radical (unpaired) electrons. The second-order valence-electron chi connectivity index (χ2n) is 4.55. The van der Waals surface area contributed by atoms with E-state index in [1.807, 2.05) is 13.8 Å². The van der Waals surface area contributed by atoms with E-state index in [9.17, 15) is 0 Å². The van der Waals surface area contributed by atoms with Crippen LogP contribution < -0.4 is 0 Å². The highest BCUT2D eigenvalue weighted by atomic mass is 14.1. The number of hydrogen-bond acceptors (Lipinski definition) is 0. The predicted molar refractivity (Wildman–Crippen MR) is 65.6 cm³/mol. The summed E-state index contributed by atoms with van der Waals surface area (Å²) in [5.74, 6) is 0. The van der Waals surface area contributed by atoms with Gasteiger partial charge >= 0.3 is 0 Å². The van der Waals surface area contributed by atoms with Crippen LogP contribution in [0.25, 0.3) is 0 Å².